The lowest BCUT2D eigenvalue weighted by Gasteiger charge is -1.98. The molecular weight excluding hydrogens is 189 g/mol. The van der Waals surface area contributed by atoms with Crippen LogP contribution >= 0.6 is 0 Å². The molecule has 1 rings (SSSR count). The minimum atomic E-state index is 0. The summed E-state index contributed by atoms with van der Waals surface area (Å²) in [4.78, 5) is 0. The molecule has 0 aliphatic rings. The highest BCUT2D eigenvalue weighted by molar-refractivity contribution is 5.04. The second kappa shape index (κ2) is 8.39. The van der Waals surface area contributed by atoms with Crippen LogP contribution in [0.5, 0.6) is 0 Å². The van der Waals surface area contributed by atoms with Crippen LogP contribution in [0, 0.1) is 0 Å². The average Bonchev–Trinajstić information content (AvgIpc) is 2.25. The third-order valence-corrected chi connectivity index (χ3v) is 2.60. The fraction of sp³-hybridized carbons (Fsp3) is 0.615. The Morgan fingerprint density at radius 1 is 1.13 bits per heavy atom. The quantitative estimate of drug-likeness (QED) is 0.465. The molecule has 0 spiro atoms. The zero-order valence-electron chi connectivity index (χ0n) is 9.88. The van der Waals surface area contributed by atoms with Gasteiger partial charge in [-0.15, -0.1) is 0 Å². The Kier molecular flexibility index (Phi) is 7.88. The van der Waals surface area contributed by atoms with E-state index in [1.54, 1.807) is 0 Å². The van der Waals surface area contributed by atoms with Crippen LogP contribution in [-0.4, -0.2) is 0 Å². The van der Waals surface area contributed by atoms with Gasteiger partial charge in [-0.1, -0.05) is 26.7 Å². The van der Waals surface area contributed by atoms with E-state index in [9.17, 15) is 0 Å². The summed E-state index contributed by atoms with van der Waals surface area (Å²) in [5.41, 5.74) is 1.43. The summed E-state index contributed by atoms with van der Waals surface area (Å²) < 4.78 is 2.31. The molecule has 0 saturated heterocycles. The molecule has 0 amide bonds. The molecule has 0 bridgehead atoms. The van der Waals surface area contributed by atoms with E-state index in [4.69, 9.17) is 0 Å². The van der Waals surface area contributed by atoms with E-state index in [0.29, 0.717) is 0 Å². The van der Waals surface area contributed by atoms with Crippen LogP contribution in [0.4, 0.5) is 0 Å². The summed E-state index contributed by atoms with van der Waals surface area (Å²) in [5.74, 6) is 0. The maximum atomic E-state index is 2.31. The molecule has 1 aromatic rings. The first-order chi connectivity index (χ1) is 6.86. The maximum absolute atomic E-state index is 2.31. The molecule has 1 heterocycles. The monoisotopic (exact) mass is 211 g/mol. The van der Waals surface area contributed by atoms with Crippen molar-refractivity contribution in [1.29, 1.82) is 0 Å². The standard InChI is InChI=1S/C13H22N.FH/c1-3-5-6-7-10-14-11-8-9-13(4-2)12-14;/h8-9,11-12H,3-7,10H2,1-2H3;1H/q+1;/p-1. The first-order valence-electron chi connectivity index (χ1n) is 5.84. The Balaban J connectivity index is 0.00000196. The number of hydrogen-bond acceptors (Lipinski definition) is 0. The van der Waals surface area contributed by atoms with Crippen molar-refractivity contribution in [3.8, 4) is 0 Å². The van der Waals surface area contributed by atoms with Gasteiger partial charge in [0.2, 0.25) is 0 Å². The van der Waals surface area contributed by atoms with Crippen molar-refractivity contribution in [2.24, 2.45) is 0 Å². The maximum Gasteiger partial charge on any atom is 0.171 e. The Labute approximate surface area is 92.5 Å². The lowest BCUT2D eigenvalue weighted by Crippen LogP contribution is -3.00. The minimum absolute atomic E-state index is 0. The lowest BCUT2D eigenvalue weighted by atomic mass is 10.2. The number of aryl methyl sites for hydroxylation is 2. The second-order valence-corrected chi connectivity index (χ2v) is 3.86. The average molecular weight is 211 g/mol. The van der Waals surface area contributed by atoms with Crippen molar-refractivity contribution in [1.82, 2.24) is 0 Å². The summed E-state index contributed by atoms with van der Waals surface area (Å²) in [6, 6.07) is 4.35. The van der Waals surface area contributed by atoms with Gasteiger partial charge in [-0.2, -0.15) is 0 Å². The molecule has 0 aliphatic heterocycles. The van der Waals surface area contributed by atoms with Crippen molar-refractivity contribution in [2.45, 2.75) is 52.5 Å². The highest BCUT2D eigenvalue weighted by Crippen LogP contribution is 1.99. The largest absolute Gasteiger partial charge is 1.00 e. The fourth-order valence-corrected chi connectivity index (χ4v) is 1.65. The molecule has 0 N–H and O–H groups in total. The van der Waals surface area contributed by atoms with Gasteiger partial charge in [-0.3, -0.25) is 0 Å². The third kappa shape index (κ3) is 5.50. The highest BCUT2D eigenvalue weighted by Gasteiger charge is 2.00. The van der Waals surface area contributed by atoms with Crippen LogP contribution < -0.4 is 9.27 Å². The Morgan fingerprint density at radius 3 is 2.60 bits per heavy atom. The van der Waals surface area contributed by atoms with Gasteiger partial charge < -0.3 is 4.70 Å². The zero-order chi connectivity index (χ0) is 10.2. The first-order valence-corrected chi connectivity index (χ1v) is 5.84. The van der Waals surface area contributed by atoms with Crippen molar-refractivity contribution >= 4 is 0 Å². The second-order valence-electron chi connectivity index (χ2n) is 3.86. The summed E-state index contributed by atoms with van der Waals surface area (Å²) in [7, 11) is 0. The Hall–Kier alpha value is -0.920. The highest BCUT2D eigenvalue weighted by atomic mass is 19.0. The van der Waals surface area contributed by atoms with Gasteiger partial charge in [0.05, 0.1) is 0 Å². The zero-order valence-corrected chi connectivity index (χ0v) is 9.88. The van der Waals surface area contributed by atoms with E-state index in [1.165, 1.54) is 37.8 Å². The molecule has 0 atom stereocenters. The number of pyridine rings is 1. The summed E-state index contributed by atoms with van der Waals surface area (Å²) >= 11 is 0. The summed E-state index contributed by atoms with van der Waals surface area (Å²) in [5, 5.41) is 0. The van der Waals surface area contributed by atoms with Gasteiger partial charge in [0.15, 0.2) is 12.4 Å². The normalized spacial score (nSPS) is 9.73. The number of nitrogens with zero attached hydrogens (tertiary/aromatic N) is 1. The van der Waals surface area contributed by atoms with E-state index in [2.05, 4.69) is 42.9 Å². The fourth-order valence-electron chi connectivity index (χ4n) is 1.65. The molecule has 2 heteroatoms. The van der Waals surface area contributed by atoms with Crippen molar-refractivity contribution < 1.29 is 9.27 Å². The van der Waals surface area contributed by atoms with Crippen LogP contribution in [0.25, 0.3) is 0 Å². The molecule has 0 aromatic carbocycles. The van der Waals surface area contributed by atoms with Gasteiger partial charge in [0.25, 0.3) is 0 Å². The minimum Gasteiger partial charge on any atom is -1.00 e. The van der Waals surface area contributed by atoms with Crippen molar-refractivity contribution in [3.63, 3.8) is 0 Å². The van der Waals surface area contributed by atoms with Crippen molar-refractivity contribution in [2.75, 3.05) is 0 Å². The number of unbranched alkanes of at least 4 members (excludes halogenated alkanes) is 3. The molecule has 0 aliphatic carbocycles. The lowest BCUT2D eigenvalue weighted by molar-refractivity contribution is -0.697. The van der Waals surface area contributed by atoms with Crippen LogP contribution in [0.3, 0.4) is 0 Å². The molecule has 0 fully saturated rings. The van der Waals surface area contributed by atoms with Crippen LogP contribution in [0.2, 0.25) is 0 Å². The Bertz CT molecular complexity index is 260. The van der Waals surface area contributed by atoms with Gasteiger partial charge >= 0.3 is 0 Å². The predicted molar refractivity (Wildman–Crippen MR) is 60.2 cm³/mol. The number of halogens is 1. The number of hydrogen-bond donors (Lipinski definition) is 0. The third-order valence-electron chi connectivity index (χ3n) is 2.60. The SMILES string of the molecule is CCCCCC[n+]1cccc(CC)c1.[F-]. The molecule has 1 nitrogen and oxygen atoms in total. The molecule has 0 radical (unpaired) electrons. The molecular formula is C13H22FN. The van der Waals surface area contributed by atoms with E-state index in [0.717, 1.165) is 6.42 Å². The van der Waals surface area contributed by atoms with Crippen LogP contribution in [0.1, 0.15) is 45.1 Å². The van der Waals surface area contributed by atoms with E-state index in [1.807, 2.05) is 0 Å². The number of rotatable bonds is 6. The van der Waals surface area contributed by atoms with Gasteiger partial charge in [0.1, 0.15) is 6.54 Å². The van der Waals surface area contributed by atoms with Crippen LogP contribution in [-0.2, 0) is 13.0 Å². The van der Waals surface area contributed by atoms with E-state index >= 15 is 0 Å². The van der Waals surface area contributed by atoms with Crippen LogP contribution in [0.15, 0.2) is 24.5 Å². The van der Waals surface area contributed by atoms with Gasteiger partial charge in [-0.05, 0) is 18.9 Å². The predicted octanol–water partition coefficient (Wildman–Crippen LogP) is 0.121. The summed E-state index contributed by atoms with van der Waals surface area (Å²) in [6.45, 7) is 5.63. The van der Waals surface area contributed by atoms with E-state index in [-0.39, 0.29) is 4.70 Å². The number of aromatic nitrogens is 1. The van der Waals surface area contributed by atoms with Gasteiger partial charge in [0, 0.05) is 18.1 Å². The van der Waals surface area contributed by atoms with Gasteiger partial charge in [-0.25, -0.2) is 4.57 Å². The summed E-state index contributed by atoms with van der Waals surface area (Å²) in [6.07, 6.45) is 10.9. The Morgan fingerprint density at radius 2 is 1.93 bits per heavy atom. The van der Waals surface area contributed by atoms with E-state index < -0.39 is 0 Å². The topological polar surface area (TPSA) is 3.88 Å². The first kappa shape index (κ1) is 14.1. The molecule has 15 heavy (non-hydrogen) atoms. The smallest absolute Gasteiger partial charge is 0.171 e. The van der Waals surface area contributed by atoms with Crippen molar-refractivity contribution in [3.05, 3.63) is 30.1 Å². The molecule has 0 unspecified atom stereocenters. The molecule has 1 aromatic heterocycles. The molecule has 0 saturated carbocycles. The molecule has 86 valence electrons.